The molecule has 0 atom stereocenters. The van der Waals surface area contributed by atoms with Crippen molar-refractivity contribution >= 4 is 5.69 Å². The molecule has 0 aromatic heterocycles. The summed E-state index contributed by atoms with van der Waals surface area (Å²) >= 11 is 0. The van der Waals surface area contributed by atoms with Crippen LogP contribution in [0.25, 0.3) is 0 Å². The van der Waals surface area contributed by atoms with Gasteiger partial charge in [0.15, 0.2) is 0 Å². The molecule has 2 nitrogen and oxygen atoms in total. The van der Waals surface area contributed by atoms with Crippen LogP contribution in [0.5, 0.6) is 0 Å². The smallest absolute Gasteiger partial charge is 0.129 e. The minimum atomic E-state index is -0.152. The standard InChI is InChI=1S/C16H15FN2/c1-11-7-13(8-12(2)16(11)17)10-19-15-6-4-3-5-14(15)9-18/h3-8,19H,10H2,1-2H3. The number of nitrogens with zero attached hydrogens (tertiary/aromatic N) is 1. The van der Waals surface area contributed by atoms with Crippen LogP contribution in [-0.4, -0.2) is 0 Å². The number of nitrogens with one attached hydrogen (secondary N) is 1. The molecule has 0 saturated carbocycles. The Labute approximate surface area is 112 Å². The summed E-state index contributed by atoms with van der Waals surface area (Å²) in [7, 11) is 0. The first-order chi connectivity index (χ1) is 9.11. The van der Waals surface area contributed by atoms with E-state index in [0.29, 0.717) is 23.2 Å². The molecular formula is C16H15FN2. The highest BCUT2D eigenvalue weighted by molar-refractivity contribution is 5.57. The minimum absolute atomic E-state index is 0.152. The molecule has 1 N–H and O–H groups in total. The fourth-order valence-electron chi connectivity index (χ4n) is 2.07. The Balaban J connectivity index is 2.17. The maximum absolute atomic E-state index is 13.5. The van der Waals surface area contributed by atoms with E-state index in [2.05, 4.69) is 11.4 Å². The highest BCUT2D eigenvalue weighted by Crippen LogP contribution is 2.18. The lowest BCUT2D eigenvalue weighted by Gasteiger charge is -2.10. The summed E-state index contributed by atoms with van der Waals surface area (Å²) in [6.07, 6.45) is 0. The van der Waals surface area contributed by atoms with E-state index >= 15 is 0 Å². The lowest BCUT2D eigenvalue weighted by Crippen LogP contribution is -2.03. The van der Waals surface area contributed by atoms with E-state index in [1.807, 2.05) is 30.3 Å². The van der Waals surface area contributed by atoms with Gasteiger partial charge < -0.3 is 5.32 Å². The van der Waals surface area contributed by atoms with Crippen molar-refractivity contribution in [3.05, 3.63) is 64.5 Å². The van der Waals surface area contributed by atoms with Gasteiger partial charge in [-0.15, -0.1) is 0 Å². The summed E-state index contributed by atoms with van der Waals surface area (Å²) in [4.78, 5) is 0. The van der Waals surface area contributed by atoms with Crippen molar-refractivity contribution in [2.45, 2.75) is 20.4 Å². The van der Waals surface area contributed by atoms with E-state index < -0.39 is 0 Å². The fourth-order valence-corrected chi connectivity index (χ4v) is 2.07. The van der Waals surface area contributed by atoms with Crippen molar-refractivity contribution in [1.29, 1.82) is 5.26 Å². The zero-order chi connectivity index (χ0) is 13.8. The summed E-state index contributed by atoms with van der Waals surface area (Å²) in [5.74, 6) is -0.152. The topological polar surface area (TPSA) is 35.8 Å². The number of aryl methyl sites for hydroxylation is 2. The first-order valence-corrected chi connectivity index (χ1v) is 6.10. The van der Waals surface area contributed by atoms with Crippen molar-refractivity contribution in [3.63, 3.8) is 0 Å². The zero-order valence-corrected chi connectivity index (χ0v) is 11.0. The number of rotatable bonds is 3. The number of nitriles is 1. The van der Waals surface area contributed by atoms with Crippen LogP contribution in [0.3, 0.4) is 0 Å². The lowest BCUT2D eigenvalue weighted by atomic mass is 10.1. The van der Waals surface area contributed by atoms with Gasteiger partial charge in [0.25, 0.3) is 0 Å². The second-order valence-corrected chi connectivity index (χ2v) is 4.55. The lowest BCUT2D eigenvalue weighted by molar-refractivity contribution is 0.608. The molecular weight excluding hydrogens is 239 g/mol. The Morgan fingerprint density at radius 3 is 2.42 bits per heavy atom. The molecule has 96 valence electrons. The normalized spacial score (nSPS) is 10.0. The second-order valence-electron chi connectivity index (χ2n) is 4.55. The van der Waals surface area contributed by atoms with Gasteiger partial charge in [-0.3, -0.25) is 0 Å². The molecule has 19 heavy (non-hydrogen) atoms. The molecule has 0 aliphatic rings. The van der Waals surface area contributed by atoms with Crippen LogP contribution < -0.4 is 5.32 Å². The quantitative estimate of drug-likeness (QED) is 0.900. The van der Waals surface area contributed by atoms with Gasteiger partial charge in [-0.2, -0.15) is 5.26 Å². The molecule has 0 fully saturated rings. The monoisotopic (exact) mass is 254 g/mol. The molecule has 0 aliphatic carbocycles. The number of hydrogen-bond acceptors (Lipinski definition) is 2. The fraction of sp³-hybridized carbons (Fsp3) is 0.188. The van der Waals surface area contributed by atoms with Crippen molar-refractivity contribution < 1.29 is 4.39 Å². The first kappa shape index (κ1) is 13.1. The van der Waals surface area contributed by atoms with Gasteiger partial charge >= 0.3 is 0 Å². The predicted molar refractivity (Wildman–Crippen MR) is 74.4 cm³/mol. The molecule has 0 aliphatic heterocycles. The van der Waals surface area contributed by atoms with Crippen LogP contribution in [0.15, 0.2) is 36.4 Å². The summed E-state index contributed by atoms with van der Waals surface area (Å²) in [6.45, 7) is 4.09. The Morgan fingerprint density at radius 2 is 1.79 bits per heavy atom. The summed E-state index contributed by atoms with van der Waals surface area (Å²) in [6, 6.07) is 13.1. The molecule has 0 bridgehead atoms. The van der Waals surface area contributed by atoms with Crippen LogP contribution in [-0.2, 0) is 6.54 Å². The van der Waals surface area contributed by atoms with Crippen LogP contribution in [0.4, 0.5) is 10.1 Å². The van der Waals surface area contributed by atoms with Gasteiger partial charge in [0.2, 0.25) is 0 Å². The van der Waals surface area contributed by atoms with E-state index in [1.165, 1.54) is 0 Å². The average molecular weight is 254 g/mol. The van der Waals surface area contributed by atoms with E-state index in [1.54, 1.807) is 19.9 Å². The minimum Gasteiger partial charge on any atom is -0.380 e. The van der Waals surface area contributed by atoms with Gasteiger partial charge in [0.05, 0.1) is 11.3 Å². The maximum Gasteiger partial charge on any atom is 0.129 e. The highest BCUT2D eigenvalue weighted by Gasteiger charge is 2.05. The Bertz CT molecular complexity index is 618. The molecule has 0 heterocycles. The summed E-state index contributed by atoms with van der Waals surface area (Å²) in [5, 5.41) is 12.2. The average Bonchev–Trinajstić information content (AvgIpc) is 2.42. The summed E-state index contributed by atoms with van der Waals surface area (Å²) < 4.78 is 13.5. The Morgan fingerprint density at radius 1 is 1.16 bits per heavy atom. The zero-order valence-electron chi connectivity index (χ0n) is 11.0. The number of halogens is 1. The van der Waals surface area contributed by atoms with Crippen molar-refractivity contribution in [2.24, 2.45) is 0 Å². The second kappa shape index (κ2) is 5.53. The maximum atomic E-state index is 13.5. The number of hydrogen-bond donors (Lipinski definition) is 1. The largest absolute Gasteiger partial charge is 0.380 e. The van der Waals surface area contributed by atoms with Crippen LogP contribution in [0.1, 0.15) is 22.3 Å². The van der Waals surface area contributed by atoms with Crippen molar-refractivity contribution in [3.8, 4) is 6.07 Å². The molecule has 0 unspecified atom stereocenters. The Hall–Kier alpha value is -2.34. The van der Waals surface area contributed by atoms with Crippen LogP contribution in [0, 0.1) is 31.0 Å². The number of anilines is 1. The van der Waals surface area contributed by atoms with E-state index in [4.69, 9.17) is 5.26 Å². The first-order valence-electron chi connectivity index (χ1n) is 6.10. The van der Waals surface area contributed by atoms with E-state index in [0.717, 1.165) is 11.3 Å². The molecule has 2 aromatic carbocycles. The van der Waals surface area contributed by atoms with Gasteiger partial charge in [0, 0.05) is 6.54 Å². The van der Waals surface area contributed by atoms with E-state index in [-0.39, 0.29) is 5.82 Å². The third-order valence-corrected chi connectivity index (χ3v) is 3.03. The van der Waals surface area contributed by atoms with Crippen molar-refractivity contribution in [1.82, 2.24) is 0 Å². The predicted octanol–water partition coefficient (Wildman–Crippen LogP) is 3.93. The Kier molecular flexibility index (Phi) is 3.82. The molecule has 0 radical (unpaired) electrons. The third-order valence-electron chi connectivity index (χ3n) is 3.03. The summed E-state index contributed by atoms with van der Waals surface area (Å²) in [5.41, 5.74) is 3.70. The van der Waals surface area contributed by atoms with E-state index in [9.17, 15) is 4.39 Å². The number of para-hydroxylation sites is 1. The van der Waals surface area contributed by atoms with Crippen molar-refractivity contribution in [2.75, 3.05) is 5.32 Å². The van der Waals surface area contributed by atoms with Gasteiger partial charge in [-0.1, -0.05) is 24.3 Å². The third kappa shape index (κ3) is 2.92. The molecule has 2 aromatic rings. The highest BCUT2D eigenvalue weighted by atomic mass is 19.1. The molecule has 2 rings (SSSR count). The molecule has 0 spiro atoms. The van der Waals surface area contributed by atoms with Gasteiger partial charge in [-0.25, -0.2) is 4.39 Å². The molecule has 0 amide bonds. The van der Waals surface area contributed by atoms with Gasteiger partial charge in [-0.05, 0) is 42.7 Å². The SMILES string of the molecule is Cc1cc(CNc2ccccc2C#N)cc(C)c1F. The number of benzene rings is 2. The van der Waals surface area contributed by atoms with Gasteiger partial charge in [0.1, 0.15) is 11.9 Å². The molecule has 0 saturated heterocycles. The van der Waals surface area contributed by atoms with Crippen LogP contribution in [0.2, 0.25) is 0 Å². The molecule has 3 heteroatoms. The van der Waals surface area contributed by atoms with Crippen LogP contribution >= 0.6 is 0 Å².